The van der Waals surface area contributed by atoms with Gasteiger partial charge >= 0.3 is 6.09 Å². The molecule has 1 aromatic carbocycles. The van der Waals surface area contributed by atoms with E-state index in [0.29, 0.717) is 23.7 Å². The number of rotatable bonds is 6. The molecular weight excluding hydrogens is 463 g/mol. The van der Waals surface area contributed by atoms with E-state index in [4.69, 9.17) is 9.47 Å². The molecule has 34 heavy (non-hydrogen) atoms. The van der Waals surface area contributed by atoms with E-state index in [2.05, 4.69) is 15.3 Å². The molecule has 0 spiro atoms. The summed E-state index contributed by atoms with van der Waals surface area (Å²) >= 11 is 0. The number of anilines is 2. The van der Waals surface area contributed by atoms with Crippen molar-refractivity contribution in [2.75, 3.05) is 11.6 Å². The molecule has 2 aromatic rings. The molecule has 2 saturated heterocycles. The van der Waals surface area contributed by atoms with Crippen LogP contribution in [-0.2, 0) is 14.6 Å². The molecule has 3 aliphatic rings. The molecule has 1 amide bonds. The Hall–Kier alpha value is -2.95. The fraction of sp³-hybridized carbons (Fsp3) is 0.522. The first-order chi connectivity index (χ1) is 16.0. The second-order valence-corrected chi connectivity index (χ2v) is 11.6. The largest absolute Gasteiger partial charge is 0.472 e. The van der Waals surface area contributed by atoms with Gasteiger partial charge in [-0.05, 0) is 57.7 Å². The number of nitrogens with zero attached hydrogens (tertiary/aromatic N) is 3. The number of benzene rings is 1. The van der Waals surface area contributed by atoms with Crippen LogP contribution in [0, 0.1) is 12.7 Å². The summed E-state index contributed by atoms with van der Waals surface area (Å²) in [6.45, 7) is 3.71. The highest BCUT2D eigenvalue weighted by Gasteiger charge is 2.53. The maximum Gasteiger partial charge on any atom is 0.410 e. The lowest BCUT2D eigenvalue weighted by atomic mass is 9.98. The van der Waals surface area contributed by atoms with Gasteiger partial charge in [-0.25, -0.2) is 27.6 Å². The van der Waals surface area contributed by atoms with Gasteiger partial charge in [0, 0.05) is 18.7 Å². The summed E-state index contributed by atoms with van der Waals surface area (Å²) in [4.78, 5) is 22.9. The van der Waals surface area contributed by atoms with Gasteiger partial charge < -0.3 is 14.8 Å². The minimum Gasteiger partial charge on any atom is -0.472 e. The van der Waals surface area contributed by atoms with Crippen LogP contribution in [0.5, 0.6) is 5.88 Å². The predicted molar refractivity (Wildman–Crippen MR) is 121 cm³/mol. The number of aromatic nitrogens is 2. The number of sulfone groups is 1. The number of hydrogen-bond donors (Lipinski definition) is 1. The summed E-state index contributed by atoms with van der Waals surface area (Å²) in [6.07, 6.45) is 6.12. The van der Waals surface area contributed by atoms with Gasteiger partial charge in [0.1, 0.15) is 29.7 Å². The Morgan fingerprint density at radius 3 is 2.71 bits per heavy atom. The molecule has 9 nitrogen and oxygen atoms in total. The molecule has 0 radical (unpaired) electrons. The van der Waals surface area contributed by atoms with Crippen LogP contribution in [0.2, 0.25) is 0 Å². The summed E-state index contributed by atoms with van der Waals surface area (Å²) in [5.41, 5.74) is 0.340. The summed E-state index contributed by atoms with van der Waals surface area (Å²) in [5.74, 6) is -0.0159. The Morgan fingerprint density at radius 2 is 2.03 bits per heavy atom. The van der Waals surface area contributed by atoms with E-state index in [9.17, 15) is 17.6 Å². The Balaban J connectivity index is 1.30. The Morgan fingerprint density at radius 1 is 1.26 bits per heavy atom. The molecule has 1 aliphatic carbocycles. The van der Waals surface area contributed by atoms with Crippen molar-refractivity contribution in [1.29, 1.82) is 0 Å². The van der Waals surface area contributed by atoms with Gasteiger partial charge in [-0.3, -0.25) is 4.90 Å². The van der Waals surface area contributed by atoms with E-state index in [1.807, 2.05) is 11.8 Å². The third-order valence-electron chi connectivity index (χ3n) is 6.90. The molecule has 3 fully saturated rings. The number of ether oxygens (including phenoxy) is 2. The van der Waals surface area contributed by atoms with Crippen molar-refractivity contribution in [2.45, 2.75) is 74.6 Å². The van der Waals surface area contributed by atoms with E-state index < -0.39 is 15.7 Å². The number of hydrogen-bond acceptors (Lipinski definition) is 8. The van der Waals surface area contributed by atoms with E-state index in [1.165, 1.54) is 18.5 Å². The van der Waals surface area contributed by atoms with Crippen molar-refractivity contribution in [3.05, 3.63) is 35.9 Å². The van der Waals surface area contributed by atoms with Gasteiger partial charge in [0.15, 0.2) is 9.84 Å². The smallest absolute Gasteiger partial charge is 0.410 e. The molecule has 2 aliphatic heterocycles. The lowest BCUT2D eigenvalue weighted by molar-refractivity contribution is 0.0482. The molecule has 11 heteroatoms. The monoisotopic (exact) mass is 490 g/mol. The molecule has 3 atom stereocenters. The molecule has 2 bridgehead atoms. The number of nitrogens with one attached hydrogen (secondary N) is 1. The van der Waals surface area contributed by atoms with Crippen molar-refractivity contribution >= 4 is 27.4 Å². The zero-order chi connectivity index (χ0) is 24.3. The molecule has 2 unspecified atom stereocenters. The van der Waals surface area contributed by atoms with Gasteiger partial charge in [-0.15, -0.1) is 0 Å². The standard InChI is InChI=1S/C23H27FN4O5S/c1-13-20(27-17-6-5-15(11-16(17)24)34(3,30)31)25-12-26-21(13)32-19-10-14-4-7-18(19)28(14)22(29)33-23(2)8-9-23/h5-6,11-12,14,18-19H,4,7-10H2,1-3H3,(H,25,26,27)/t14?,18?,19-/m1/s1. The van der Waals surface area contributed by atoms with Gasteiger partial charge in [0.2, 0.25) is 5.88 Å². The van der Waals surface area contributed by atoms with Crippen molar-refractivity contribution in [3.8, 4) is 5.88 Å². The molecule has 5 rings (SSSR count). The predicted octanol–water partition coefficient (Wildman–Crippen LogP) is 3.74. The van der Waals surface area contributed by atoms with Gasteiger partial charge in [-0.2, -0.15) is 0 Å². The molecule has 3 heterocycles. The average molecular weight is 491 g/mol. The Labute approximate surface area is 197 Å². The molecular formula is C23H27FN4O5S. The average Bonchev–Trinajstić information content (AvgIpc) is 3.21. The second kappa shape index (κ2) is 8.07. The van der Waals surface area contributed by atoms with Crippen molar-refractivity contribution in [3.63, 3.8) is 0 Å². The normalized spacial score (nSPS) is 24.7. The van der Waals surface area contributed by atoms with Gasteiger partial charge in [0.05, 0.1) is 22.2 Å². The second-order valence-electron chi connectivity index (χ2n) is 9.61. The van der Waals surface area contributed by atoms with E-state index >= 15 is 0 Å². The first-order valence-corrected chi connectivity index (χ1v) is 13.2. The van der Waals surface area contributed by atoms with Crippen LogP contribution in [-0.4, -0.2) is 59.4 Å². The van der Waals surface area contributed by atoms with Crippen LogP contribution in [0.1, 0.15) is 44.6 Å². The van der Waals surface area contributed by atoms with Gasteiger partial charge in [0.25, 0.3) is 0 Å². The molecule has 1 saturated carbocycles. The van der Waals surface area contributed by atoms with Crippen LogP contribution in [0.4, 0.5) is 20.7 Å². The third kappa shape index (κ3) is 4.28. The zero-order valence-electron chi connectivity index (χ0n) is 19.2. The van der Waals surface area contributed by atoms with Crippen LogP contribution in [0.25, 0.3) is 0 Å². The fourth-order valence-electron chi connectivity index (χ4n) is 4.66. The quantitative estimate of drug-likeness (QED) is 0.652. The highest BCUT2D eigenvalue weighted by Crippen LogP contribution is 2.44. The molecule has 182 valence electrons. The number of carbonyl (C=O) groups excluding carboxylic acids is 1. The lowest BCUT2D eigenvalue weighted by Crippen LogP contribution is -2.41. The third-order valence-corrected chi connectivity index (χ3v) is 8.01. The maximum absolute atomic E-state index is 14.5. The number of fused-ring (bicyclic) bond motifs is 2. The van der Waals surface area contributed by atoms with Crippen molar-refractivity contribution in [1.82, 2.24) is 14.9 Å². The minimum absolute atomic E-state index is 0.0772. The fourth-order valence-corrected chi connectivity index (χ4v) is 5.30. The van der Waals surface area contributed by atoms with Crippen LogP contribution in [0.15, 0.2) is 29.4 Å². The molecule has 1 N–H and O–H groups in total. The summed E-state index contributed by atoms with van der Waals surface area (Å²) in [5, 5.41) is 2.89. The van der Waals surface area contributed by atoms with Gasteiger partial charge in [-0.1, -0.05) is 0 Å². The first-order valence-electron chi connectivity index (χ1n) is 11.3. The van der Waals surface area contributed by atoms with E-state index in [0.717, 1.165) is 38.0 Å². The lowest BCUT2D eigenvalue weighted by Gasteiger charge is -2.26. The van der Waals surface area contributed by atoms with Crippen molar-refractivity contribution in [2.24, 2.45) is 0 Å². The maximum atomic E-state index is 14.5. The number of amides is 1. The topological polar surface area (TPSA) is 111 Å². The van der Waals surface area contributed by atoms with Crippen molar-refractivity contribution < 1.29 is 27.1 Å². The Kier molecular flexibility index (Phi) is 5.42. The number of halogens is 1. The summed E-state index contributed by atoms with van der Waals surface area (Å²) in [7, 11) is -3.52. The SMILES string of the molecule is Cc1c(Nc2ccc(S(C)(=O)=O)cc2F)ncnc1O[C@@H]1CC2CCC1N2C(=O)OC1(C)CC1. The molecule has 1 aromatic heterocycles. The highest BCUT2D eigenvalue weighted by atomic mass is 32.2. The van der Waals surface area contributed by atoms with Crippen LogP contribution >= 0.6 is 0 Å². The summed E-state index contributed by atoms with van der Waals surface area (Å²) in [6, 6.07) is 3.67. The van der Waals surface area contributed by atoms with Crippen LogP contribution in [0.3, 0.4) is 0 Å². The zero-order valence-corrected chi connectivity index (χ0v) is 20.1. The van der Waals surface area contributed by atoms with E-state index in [-0.39, 0.29) is 40.5 Å². The summed E-state index contributed by atoms with van der Waals surface area (Å²) < 4.78 is 49.7. The first kappa shape index (κ1) is 22.8. The highest BCUT2D eigenvalue weighted by molar-refractivity contribution is 7.90. The Bertz CT molecular complexity index is 1250. The minimum atomic E-state index is -3.52. The number of carbonyl (C=O) groups is 1. The van der Waals surface area contributed by atoms with Crippen LogP contribution < -0.4 is 10.1 Å². The van der Waals surface area contributed by atoms with E-state index in [1.54, 1.807) is 6.92 Å².